The predicted octanol–water partition coefficient (Wildman–Crippen LogP) is 1.67. The Kier molecular flexibility index (Phi) is 14.6. The molecule has 3 heterocycles. The molecule has 0 unspecified atom stereocenters. The molecule has 3 aliphatic heterocycles. The summed E-state index contributed by atoms with van der Waals surface area (Å²) in [7, 11) is 5.22. The summed E-state index contributed by atoms with van der Waals surface area (Å²) in [6, 6.07) is -0.299. The quantitative estimate of drug-likeness (QED) is 0.206. The number of esters is 1. The Morgan fingerprint density at radius 1 is 0.980 bits per heavy atom. The second-order valence-electron chi connectivity index (χ2n) is 16.4. The lowest BCUT2D eigenvalue weighted by Crippen LogP contribution is -2.61. The minimum absolute atomic E-state index is 0.00427. The Morgan fingerprint density at radius 3 is 2.14 bits per heavy atom. The fraction of sp³-hybridized carbons (Fsp3) is 0.919. The molecular formula is C37H68N2O12. The summed E-state index contributed by atoms with van der Waals surface area (Å²) in [5.74, 6) is -3.71. The van der Waals surface area contributed by atoms with Crippen LogP contribution in [0.3, 0.4) is 0 Å². The number of aliphatic hydroxyl groups excluding tert-OH is 3. The summed E-state index contributed by atoms with van der Waals surface area (Å²) in [6.07, 6.45) is -8.55. The molecule has 0 saturated carbocycles. The highest BCUT2D eigenvalue weighted by Gasteiger charge is 2.53. The van der Waals surface area contributed by atoms with Crippen LogP contribution >= 0.6 is 0 Å². The Hall–Kier alpha value is -1.43. The second-order valence-corrected chi connectivity index (χ2v) is 16.4. The first-order valence-corrected chi connectivity index (χ1v) is 18.4. The highest BCUT2D eigenvalue weighted by atomic mass is 16.7. The second kappa shape index (κ2) is 16.9. The number of aliphatic hydroxyl groups is 5. The molecular weight excluding hydrogens is 664 g/mol. The number of nitrogens with zero attached hydrogens (tertiary/aromatic N) is 1. The first-order chi connectivity index (χ1) is 23.4. The fourth-order valence-electron chi connectivity index (χ4n) is 8.20. The lowest BCUT2D eigenvalue weighted by atomic mass is 9.76. The molecule has 17 atom stereocenters. The smallest absolute Gasteiger partial charge is 0.311 e. The summed E-state index contributed by atoms with van der Waals surface area (Å²) < 4.78 is 37.1. The van der Waals surface area contributed by atoms with Crippen LogP contribution in [-0.2, 0) is 33.2 Å². The maximum absolute atomic E-state index is 14.1. The molecule has 0 aliphatic carbocycles. The zero-order chi connectivity index (χ0) is 39.0. The molecule has 7 N–H and O–H groups in total. The lowest BCUT2D eigenvalue weighted by molar-refractivity contribution is -0.319. The normalized spacial score (nSPS) is 48.3. The molecule has 2 saturated heterocycles. The van der Waals surface area contributed by atoms with Gasteiger partial charge >= 0.3 is 5.97 Å². The minimum atomic E-state index is -1.91. The van der Waals surface area contributed by atoms with Crippen LogP contribution in [-0.4, -0.2) is 142 Å². The number of allylic oxidation sites excluding steroid dienone is 1. The number of methoxy groups -OCH3 is 1. The van der Waals surface area contributed by atoms with Gasteiger partial charge in [-0.1, -0.05) is 27.7 Å². The molecule has 2 fully saturated rings. The Morgan fingerprint density at radius 2 is 1.59 bits per heavy atom. The molecule has 0 aromatic rings. The van der Waals surface area contributed by atoms with E-state index in [9.17, 15) is 30.3 Å². The zero-order valence-corrected chi connectivity index (χ0v) is 33.0. The van der Waals surface area contributed by atoms with Crippen molar-refractivity contribution in [1.29, 1.82) is 0 Å². The van der Waals surface area contributed by atoms with Crippen molar-refractivity contribution in [1.82, 2.24) is 4.90 Å². The average molecular weight is 733 g/mol. The van der Waals surface area contributed by atoms with Crippen molar-refractivity contribution in [3.63, 3.8) is 0 Å². The van der Waals surface area contributed by atoms with Gasteiger partial charge in [0.1, 0.15) is 29.5 Å². The van der Waals surface area contributed by atoms with Crippen LogP contribution < -0.4 is 5.73 Å². The van der Waals surface area contributed by atoms with E-state index >= 15 is 0 Å². The van der Waals surface area contributed by atoms with Crippen LogP contribution in [0.2, 0.25) is 0 Å². The molecule has 0 radical (unpaired) electrons. The van der Waals surface area contributed by atoms with Gasteiger partial charge in [-0.05, 0) is 86.4 Å². The maximum Gasteiger partial charge on any atom is 0.311 e. The van der Waals surface area contributed by atoms with Gasteiger partial charge in [-0.15, -0.1) is 0 Å². The molecule has 298 valence electrons. The Bertz CT molecular complexity index is 1200. The number of hydrogen-bond donors (Lipinski definition) is 6. The predicted molar refractivity (Wildman–Crippen MR) is 189 cm³/mol. The van der Waals surface area contributed by atoms with Crippen LogP contribution in [0.25, 0.3) is 0 Å². The van der Waals surface area contributed by atoms with Crippen LogP contribution in [0.4, 0.5) is 0 Å². The van der Waals surface area contributed by atoms with Gasteiger partial charge in [0.25, 0.3) is 0 Å². The monoisotopic (exact) mass is 732 g/mol. The van der Waals surface area contributed by atoms with E-state index in [0.717, 1.165) is 0 Å². The van der Waals surface area contributed by atoms with Crippen molar-refractivity contribution in [3.05, 3.63) is 11.3 Å². The number of likely N-dealkylation sites (N-methyl/N-ethyl adjacent to an activating group) is 1. The molecule has 0 amide bonds. The number of carbonyl (C=O) groups is 1. The topological polar surface area (TPSA) is 203 Å². The van der Waals surface area contributed by atoms with Crippen molar-refractivity contribution in [2.45, 2.75) is 167 Å². The fourth-order valence-corrected chi connectivity index (χ4v) is 8.20. The lowest BCUT2D eigenvalue weighted by Gasteiger charge is -2.49. The van der Waals surface area contributed by atoms with Gasteiger partial charge in [0.2, 0.25) is 0 Å². The van der Waals surface area contributed by atoms with Crippen LogP contribution in [0, 0.1) is 23.7 Å². The summed E-state index contributed by atoms with van der Waals surface area (Å²) in [5.41, 5.74) is 2.55. The van der Waals surface area contributed by atoms with Gasteiger partial charge in [-0.25, -0.2) is 0 Å². The number of carbonyl (C=O) groups excluding carboxylic acids is 1. The van der Waals surface area contributed by atoms with Crippen molar-refractivity contribution in [3.8, 4) is 0 Å². The van der Waals surface area contributed by atoms with Crippen LogP contribution in [0.5, 0.6) is 0 Å². The number of hydrogen-bond acceptors (Lipinski definition) is 14. The van der Waals surface area contributed by atoms with Gasteiger partial charge in [0.05, 0.1) is 42.5 Å². The summed E-state index contributed by atoms with van der Waals surface area (Å²) >= 11 is 0. The van der Waals surface area contributed by atoms with Gasteiger partial charge in [0, 0.05) is 30.7 Å². The van der Waals surface area contributed by atoms with Gasteiger partial charge in [0.15, 0.2) is 12.6 Å². The highest BCUT2D eigenvalue weighted by molar-refractivity contribution is 5.73. The van der Waals surface area contributed by atoms with E-state index < -0.39 is 95.6 Å². The Labute approximate surface area is 304 Å². The SMILES string of the molecule is CC[C@@H]1OC(=O)[C@H](C)[C@H](O[C@@H]2OC[C@@](C)(OC)[C@@H](O)[C@@H]2C)[C@H](C)[C@H](O[C@@H]2O[C@H](C)C[C@H](N(C)C)[C@H]2O)[C@](C)(O)C[C@H](C)C(N)=C(C)[C@@H](O)[C@]1(C)O. The molecule has 0 spiro atoms. The average Bonchev–Trinajstić information content (AvgIpc) is 3.06. The number of cyclic esters (lactones) is 1. The molecule has 3 rings (SSSR count). The van der Waals surface area contributed by atoms with E-state index in [4.69, 9.17) is 34.2 Å². The molecule has 51 heavy (non-hydrogen) atoms. The van der Waals surface area contributed by atoms with Crippen molar-refractivity contribution in [2.75, 3.05) is 27.8 Å². The zero-order valence-electron chi connectivity index (χ0n) is 33.0. The molecule has 0 aromatic carbocycles. The standard InChI is InChI=1S/C37H68N2O12/c1-14-25-37(10,45)30(42)20(4)26(38)18(2)16-35(8,44)31(51-34-27(40)24(39(11)12)15-19(3)48-34)21(5)28(22(6)32(43)49-25)50-33-23(7)29(41)36(9,46-13)17-47-33/h18-19,21-25,27-31,33-34,40-42,44-45H,14-17,38H2,1-13H3/t18-,19+,21-,22+,23-,24-,25-,27+,28+,29-,30+,31-,33-,34-,35+,36+,37+/m0/s1. The van der Waals surface area contributed by atoms with Gasteiger partial charge < -0.3 is 64.6 Å². The third kappa shape index (κ3) is 9.27. The number of nitrogens with two attached hydrogens (primary N) is 1. The Balaban J connectivity index is 2.20. The van der Waals surface area contributed by atoms with Crippen molar-refractivity contribution < 1.29 is 58.7 Å². The third-order valence-electron chi connectivity index (χ3n) is 11.8. The van der Waals surface area contributed by atoms with Crippen molar-refractivity contribution in [2.24, 2.45) is 29.4 Å². The van der Waals surface area contributed by atoms with E-state index in [1.165, 1.54) is 14.0 Å². The number of rotatable bonds is 7. The first-order valence-electron chi connectivity index (χ1n) is 18.4. The molecule has 0 bridgehead atoms. The van der Waals surface area contributed by atoms with E-state index in [1.807, 2.05) is 25.9 Å². The maximum atomic E-state index is 14.1. The minimum Gasteiger partial charge on any atom is -0.459 e. The van der Waals surface area contributed by atoms with Crippen LogP contribution in [0.1, 0.15) is 88.5 Å². The van der Waals surface area contributed by atoms with E-state index in [0.29, 0.717) is 6.42 Å². The summed E-state index contributed by atoms with van der Waals surface area (Å²) in [5, 5.41) is 58.2. The van der Waals surface area contributed by atoms with Gasteiger partial charge in [-0.3, -0.25) is 4.79 Å². The highest BCUT2D eigenvalue weighted by Crippen LogP contribution is 2.41. The summed E-state index contributed by atoms with van der Waals surface area (Å²) in [6.45, 7) is 16.9. The third-order valence-corrected chi connectivity index (χ3v) is 11.8. The van der Waals surface area contributed by atoms with Crippen molar-refractivity contribution >= 4 is 5.97 Å². The van der Waals surface area contributed by atoms with E-state index in [2.05, 4.69) is 0 Å². The molecule has 14 nitrogen and oxygen atoms in total. The molecule has 14 heteroatoms. The molecule has 0 aromatic heterocycles. The first kappa shape index (κ1) is 44.0. The van der Waals surface area contributed by atoms with Crippen LogP contribution in [0.15, 0.2) is 11.3 Å². The van der Waals surface area contributed by atoms with E-state index in [-0.39, 0.29) is 42.9 Å². The molecule has 3 aliphatic rings. The van der Waals surface area contributed by atoms with Gasteiger partial charge in [-0.2, -0.15) is 0 Å². The largest absolute Gasteiger partial charge is 0.459 e. The van der Waals surface area contributed by atoms with E-state index in [1.54, 1.807) is 55.4 Å². The summed E-state index contributed by atoms with van der Waals surface area (Å²) in [4.78, 5) is 16.0. The number of ether oxygens (including phenoxy) is 6.